The lowest BCUT2D eigenvalue weighted by molar-refractivity contribution is 0.198. The lowest BCUT2D eigenvalue weighted by Gasteiger charge is -2.09. The SMILES string of the molecule is C[C@H](O)c1ccc(SCCS(C)(=O)=O)cc1Br. The lowest BCUT2D eigenvalue weighted by atomic mass is 10.1. The van der Waals surface area contributed by atoms with E-state index in [2.05, 4.69) is 15.9 Å². The second kappa shape index (κ2) is 6.22. The second-order valence-corrected chi connectivity index (χ2v) is 8.12. The van der Waals surface area contributed by atoms with Gasteiger partial charge >= 0.3 is 0 Å². The van der Waals surface area contributed by atoms with Crippen molar-refractivity contribution in [3.8, 4) is 0 Å². The molecule has 0 aliphatic carbocycles. The van der Waals surface area contributed by atoms with E-state index in [1.807, 2.05) is 18.2 Å². The lowest BCUT2D eigenvalue weighted by Crippen LogP contribution is -2.04. The van der Waals surface area contributed by atoms with Gasteiger partial charge in [-0.25, -0.2) is 8.42 Å². The average molecular weight is 339 g/mol. The third kappa shape index (κ3) is 5.42. The van der Waals surface area contributed by atoms with Gasteiger partial charge in [-0.1, -0.05) is 22.0 Å². The Balaban J connectivity index is 2.65. The van der Waals surface area contributed by atoms with Crippen molar-refractivity contribution in [2.75, 3.05) is 17.8 Å². The Morgan fingerprint density at radius 2 is 2.12 bits per heavy atom. The van der Waals surface area contributed by atoms with E-state index in [0.717, 1.165) is 14.9 Å². The average Bonchev–Trinajstić information content (AvgIpc) is 2.15. The minimum Gasteiger partial charge on any atom is -0.389 e. The minimum atomic E-state index is -2.90. The highest BCUT2D eigenvalue weighted by molar-refractivity contribution is 9.10. The van der Waals surface area contributed by atoms with Gasteiger partial charge in [0.15, 0.2) is 0 Å². The first-order valence-corrected chi connectivity index (χ1v) is 8.91. The van der Waals surface area contributed by atoms with Crippen molar-refractivity contribution in [1.29, 1.82) is 0 Å². The number of benzene rings is 1. The maximum absolute atomic E-state index is 11.0. The molecule has 1 aromatic rings. The van der Waals surface area contributed by atoms with E-state index < -0.39 is 15.9 Å². The summed E-state index contributed by atoms with van der Waals surface area (Å²) in [4.78, 5) is 0.991. The Morgan fingerprint density at radius 3 is 2.59 bits per heavy atom. The monoisotopic (exact) mass is 338 g/mol. The molecule has 0 unspecified atom stereocenters. The van der Waals surface area contributed by atoms with Crippen molar-refractivity contribution in [3.63, 3.8) is 0 Å². The zero-order valence-corrected chi connectivity index (χ0v) is 12.9. The van der Waals surface area contributed by atoms with Crippen molar-refractivity contribution < 1.29 is 13.5 Å². The molecule has 0 radical (unpaired) electrons. The molecule has 0 aliphatic rings. The molecule has 1 N–H and O–H groups in total. The second-order valence-electron chi connectivity index (χ2n) is 3.84. The molecule has 1 aromatic carbocycles. The first-order valence-electron chi connectivity index (χ1n) is 5.07. The predicted octanol–water partition coefficient (Wildman–Crippen LogP) is 2.64. The van der Waals surface area contributed by atoms with Gasteiger partial charge in [-0.05, 0) is 24.6 Å². The number of halogens is 1. The fraction of sp³-hybridized carbons (Fsp3) is 0.455. The quantitative estimate of drug-likeness (QED) is 0.838. The molecule has 0 spiro atoms. The molecule has 3 nitrogen and oxygen atoms in total. The fourth-order valence-electron chi connectivity index (χ4n) is 1.25. The first-order chi connectivity index (χ1) is 7.79. The van der Waals surface area contributed by atoms with E-state index in [9.17, 15) is 13.5 Å². The number of thioether (sulfide) groups is 1. The standard InChI is InChI=1S/C11H15BrO3S2/c1-8(13)10-4-3-9(7-11(10)12)16-5-6-17(2,14)15/h3-4,7-8,13H,5-6H2,1-2H3/t8-/m0/s1. The van der Waals surface area contributed by atoms with Crippen LogP contribution in [0.5, 0.6) is 0 Å². The molecule has 0 aliphatic heterocycles. The van der Waals surface area contributed by atoms with Crippen LogP contribution in [0.25, 0.3) is 0 Å². The number of aliphatic hydroxyl groups excluding tert-OH is 1. The Labute approximate surface area is 115 Å². The summed E-state index contributed by atoms with van der Waals surface area (Å²) in [6.07, 6.45) is 0.722. The van der Waals surface area contributed by atoms with Gasteiger partial charge in [0.25, 0.3) is 0 Å². The van der Waals surface area contributed by atoms with Crippen molar-refractivity contribution >= 4 is 37.5 Å². The molecule has 1 atom stereocenters. The van der Waals surface area contributed by atoms with Crippen molar-refractivity contribution in [2.24, 2.45) is 0 Å². The van der Waals surface area contributed by atoms with Gasteiger partial charge in [0.1, 0.15) is 9.84 Å². The van der Waals surface area contributed by atoms with Crippen molar-refractivity contribution in [1.82, 2.24) is 0 Å². The van der Waals surface area contributed by atoms with Gasteiger partial charge in [-0.3, -0.25) is 0 Å². The molecular formula is C11H15BrO3S2. The van der Waals surface area contributed by atoms with E-state index in [4.69, 9.17) is 0 Å². The van der Waals surface area contributed by atoms with Crippen LogP contribution in [0.2, 0.25) is 0 Å². The topological polar surface area (TPSA) is 54.4 Å². The van der Waals surface area contributed by atoms with E-state index in [1.165, 1.54) is 18.0 Å². The smallest absolute Gasteiger partial charge is 0.148 e. The Bertz CT molecular complexity index is 483. The predicted molar refractivity (Wildman–Crippen MR) is 75.2 cm³/mol. The molecule has 17 heavy (non-hydrogen) atoms. The van der Waals surface area contributed by atoms with Crippen molar-refractivity contribution in [3.05, 3.63) is 28.2 Å². The summed E-state index contributed by atoms with van der Waals surface area (Å²) in [6.45, 7) is 1.70. The van der Waals surface area contributed by atoms with Crippen LogP contribution >= 0.6 is 27.7 Å². The number of hydrogen-bond donors (Lipinski definition) is 1. The van der Waals surface area contributed by atoms with Crippen LogP contribution in [0, 0.1) is 0 Å². The van der Waals surface area contributed by atoms with Gasteiger partial charge in [0, 0.05) is 21.4 Å². The molecule has 1 rings (SSSR count). The zero-order chi connectivity index (χ0) is 13.1. The minimum absolute atomic E-state index is 0.174. The van der Waals surface area contributed by atoms with Gasteiger partial charge < -0.3 is 5.11 Å². The molecule has 0 bridgehead atoms. The summed E-state index contributed by atoms with van der Waals surface area (Å²) in [5, 5.41) is 9.46. The molecular weight excluding hydrogens is 324 g/mol. The molecule has 0 heterocycles. The number of sulfone groups is 1. The largest absolute Gasteiger partial charge is 0.389 e. The third-order valence-corrected chi connectivity index (χ3v) is 5.03. The fourth-order valence-corrected chi connectivity index (χ4v) is 4.25. The molecule has 6 heteroatoms. The number of aliphatic hydroxyl groups is 1. The molecule has 96 valence electrons. The molecule has 0 amide bonds. The van der Waals surface area contributed by atoms with Crippen LogP contribution in [0.4, 0.5) is 0 Å². The Kier molecular flexibility index (Phi) is 5.50. The van der Waals surface area contributed by atoms with Crippen LogP contribution in [-0.2, 0) is 9.84 Å². The van der Waals surface area contributed by atoms with E-state index in [0.29, 0.717) is 5.75 Å². The summed E-state index contributed by atoms with van der Waals surface area (Å²) in [5.41, 5.74) is 0.831. The molecule has 0 fully saturated rings. The van der Waals surface area contributed by atoms with Crippen LogP contribution in [0.15, 0.2) is 27.6 Å². The maximum Gasteiger partial charge on any atom is 0.148 e. The van der Waals surface area contributed by atoms with Crippen LogP contribution in [-0.4, -0.2) is 31.3 Å². The van der Waals surface area contributed by atoms with Crippen LogP contribution in [0.1, 0.15) is 18.6 Å². The van der Waals surface area contributed by atoms with Gasteiger partial charge in [-0.15, -0.1) is 11.8 Å². The summed E-state index contributed by atoms with van der Waals surface area (Å²) < 4.78 is 22.8. The highest BCUT2D eigenvalue weighted by Crippen LogP contribution is 2.28. The zero-order valence-electron chi connectivity index (χ0n) is 9.68. The van der Waals surface area contributed by atoms with Gasteiger partial charge in [-0.2, -0.15) is 0 Å². The van der Waals surface area contributed by atoms with Gasteiger partial charge in [0.2, 0.25) is 0 Å². The van der Waals surface area contributed by atoms with E-state index in [-0.39, 0.29) is 5.75 Å². The van der Waals surface area contributed by atoms with Crippen LogP contribution in [0.3, 0.4) is 0 Å². The summed E-state index contributed by atoms with van der Waals surface area (Å²) in [5.74, 6) is 0.715. The highest BCUT2D eigenvalue weighted by Gasteiger charge is 2.08. The van der Waals surface area contributed by atoms with E-state index in [1.54, 1.807) is 6.92 Å². The normalized spacial score (nSPS) is 13.6. The van der Waals surface area contributed by atoms with E-state index >= 15 is 0 Å². The summed E-state index contributed by atoms with van der Waals surface area (Å²) >= 11 is 4.88. The van der Waals surface area contributed by atoms with Crippen LogP contribution < -0.4 is 0 Å². The number of rotatable bonds is 5. The third-order valence-electron chi connectivity index (χ3n) is 2.14. The van der Waals surface area contributed by atoms with Crippen molar-refractivity contribution in [2.45, 2.75) is 17.9 Å². The first kappa shape index (κ1) is 15.0. The summed E-state index contributed by atoms with van der Waals surface area (Å²) in [7, 11) is -2.90. The van der Waals surface area contributed by atoms with Gasteiger partial charge in [0.05, 0.1) is 11.9 Å². The molecule has 0 saturated heterocycles. The number of hydrogen-bond acceptors (Lipinski definition) is 4. The Morgan fingerprint density at radius 1 is 1.47 bits per heavy atom. The Hall–Kier alpha value is -0.0400. The molecule has 0 aromatic heterocycles. The highest BCUT2D eigenvalue weighted by atomic mass is 79.9. The summed E-state index contributed by atoms with van der Waals surface area (Å²) in [6, 6.07) is 5.63. The maximum atomic E-state index is 11.0. The molecule has 0 saturated carbocycles.